The third-order valence-electron chi connectivity index (χ3n) is 4.29. The number of nitrogens with zero attached hydrogens (tertiary/aromatic N) is 2. The van der Waals surface area contributed by atoms with Gasteiger partial charge < -0.3 is 15.0 Å². The van der Waals surface area contributed by atoms with Crippen molar-refractivity contribution in [3.8, 4) is 5.75 Å². The molecule has 0 fully saturated rings. The van der Waals surface area contributed by atoms with Gasteiger partial charge in [-0.1, -0.05) is 38.1 Å². The van der Waals surface area contributed by atoms with E-state index in [2.05, 4.69) is 24.1 Å². The van der Waals surface area contributed by atoms with Gasteiger partial charge in [0.1, 0.15) is 5.75 Å². The highest BCUT2D eigenvalue weighted by Gasteiger charge is 2.19. The fourth-order valence-electron chi connectivity index (χ4n) is 2.40. The molecule has 0 saturated heterocycles. The first-order valence-electron chi connectivity index (χ1n) is 8.57. The summed E-state index contributed by atoms with van der Waals surface area (Å²) in [5, 5.41) is 3.08. The van der Waals surface area contributed by atoms with Crippen LogP contribution < -0.4 is 10.1 Å². The number of nitrogens with one attached hydrogen (secondary N) is 1. The molecule has 1 aromatic heterocycles. The number of ether oxygens (including phenoxy) is 1. The Hall–Kier alpha value is -2.56. The molecule has 0 spiro atoms. The molecule has 1 aromatic carbocycles. The Morgan fingerprint density at radius 3 is 2.56 bits per heavy atom. The van der Waals surface area contributed by atoms with Gasteiger partial charge in [-0.3, -0.25) is 4.98 Å². The monoisotopic (exact) mass is 341 g/mol. The molecule has 2 aromatic rings. The lowest BCUT2D eigenvalue weighted by atomic mass is 10.1. The van der Waals surface area contributed by atoms with Crippen LogP contribution in [0.25, 0.3) is 0 Å². The number of urea groups is 1. The van der Waals surface area contributed by atoms with Crippen molar-refractivity contribution in [2.24, 2.45) is 5.92 Å². The Morgan fingerprint density at radius 2 is 1.92 bits per heavy atom. The van der Waals surface area contributed by atoms with Crippen molar-refractivity contribution in [1.29, 1.82) is 0 Å². The van der Waals surface area contributed by atoms with Gasteiger partial charge in [0.25, 0.3) is 0 Å². The Kier molecular flexibility index (Phi) is 6.81. The highest BCUT2D eigenvalue weighted by Crippen LogP contribution is 2.20. The number of pyridine rings is 1. The lowest BCUT2D eigenvalue weighted by molar-refractivity contribution is 0.185. The van der Waals surface area contributed by atoms with Crippen LogP contribution in [-0.4, -0.2) is 29.1 Å². The van der Waals surface area contributed by atoms with E-state index >= 15 is 0 Å². The summed E-state index contributed by atoms with van der Waals surface area (Å²) in [6.45, 7) is 7.17. The quantitative estimate of drug-likeness (QED) is 0.832. The van der Waals surface area contributed by atoms with Crippen molar-refractivity contribution in [2.75, 3.05) is 7.11 Å². The van der Waals surface area contributed by atoms with Crippen LogP contribution >= 0.6 is 0 Å². The molecule has 134 valence electrons. The van der Waals surface area contributed by atoms with E-state index < -0.39 is 0 Å². The van der Waals surface area contributed by atoms with E-state index in [1.165, 1.54) is 0 Å². The van der Waals surface area contributed by atoms with Gasteiger partial charge in [0.05, 0.1) is 13.7 Å². The normalized spacial score (nSPS) is 11.9. The predicted molar refractivity (Wildman–Crippen MR) is 99.3 cm³/mol. The van der Waals surface area contributed by atoms with Gasteiger partial charge in [0.2, 0.25) is 0 Å². The predicted octanol–water partition coefficient (Wildman–Crippen LogP) is 3.85. The van der Waals surface area contributed by atoms with Crippen LogP contribution in [0.15, 0.2) is 48.8 Å². The topological polar surface area (TPSA) is 54.5 Å². The van der Waals surface area contributed by atoms with E-state index in [1.54, 1.807) is 24.4 Å². The van der Waals surface area contributed by atoms with Crippen molar-refractivity contribution in [3.05, 3.63) is 59.9 Å². The van der Waals surface area contributed by atoms with Gasteiger partial charge in [0, 0.05) is 30.5 Å². The molecule has 25 heavy (non-hydrogen) atoms. The second-order valence-electron chi connectivity index (χ2n) is 6.51. The lowest BCUT2D eigenvalue weighted by Gasteiger charge is -2.27. The van der Waals surface area contributed by atoms with E-state index in [4.69, 9.17) is 4.74 Å². The average molecular weight is 341 g/mol. The number of benzene rings is 1. The zero-order valence-electron chi connectivity index (χ0n) is 15.4. The minimum Gasteiger partial charge on any atom is -0.496 e. The summed E-state index contributed by atoms with van der Waals surface area (Å²) < 4.78 is 5.42. The molecule has 1 atom stereocenters. The van der Waals surface area contributed by atoms with Crippen molar-refractivity contribution in [2.45, 2.75) is 39.9 Å². The Labute approximate surface area is 150 Å². The first kappa shape index (κ1) is 18.8. The van der Waals surface area contributed by atoms with Crippen LogP contribution in [0, 0.1) is 5.92 Å². The van der Waals surface area contributed by atoms with Gasteiger partial charge in [-0.05, 0) is 30.5 Å². The zero-order valence-corrected chi connectivity index (χ0v) is 15.4. The second kappa shape index (κ2) is 9.06. The van der Waals surface area contributed by atoms with Crippen LogP contribution in [0.1, 0.15) is 31.9 Å². The third kappa shape index (κ3) is 5.48. The molecule has 1 heterocycles. The van der Waals surface area contributed by atoms with Gasteiger partial charge >= 0.3 is 6.03 Å². The number of para-hydroxylation sites is 1. The summed E-state index contributed by atoms with van der Waals surface area (Å²) in [7, 11) is 1.64. The Morgan fingerprint density at radius 1 is 1.16 bits per heavy atom. The van der Waals surface area contributed by atoms with Gasteiger partial charge in [0.15, 0.2) is 0 Å². The van der Waals surface area contributed by atoms with Gasteiger partial charge in [-0.25, -0.2) is 4.79 Å². The maximum Gasteiger partial charge on any atom is 0.318 e. The molecule has 0 radical (unpaired) electrons. The highest BCUT2D eigenvalue weighted by molar-refractivity contribution is 5.74. The van der Waals surface area contributed by atoms with E-state index in [9.17, 15) is 4.79 Å². The van der Waals surface area contributed by atoms with Gasteiger partial charge in [-0.2, -0.15) is 0 Å². The molecule has 0 aliphatic rings. The Balaban J connectivity index is 2.20. The highest BCUT2D eigenvalue weighted by atomic mass is 16.5. The molecular formula is C20H27N3O2. The molecule has 5 heteroatoms. The van der Waals surface area contributed by atoms with E-state index in [0.29, 0.717) is 19.0 Å². The number of rotatable bonds is 7. The van der Waals surface area contributed by atoms with Crippen molar-refractivity contribution < 1.29 is 9.53 Å². The SMILES string of the molecule is COc1ccccc1CN(Cc1cccnc1)C(=O)N[C@H](C)C(C)C. The standard InChI is InChI=1S/C20H27N3O2/c1-15(2)16(3)22-20(24)23(13-17-8-7-11-21-12-17)14-18-9-5-6-10-19(18)25-4/h5-12,15-16H,13-14H2,1-4H3,(H,22,24)/t16-/m1/s1. The number of hydrogen-bond donors (Lipinski definition) is 1. The molecule has 1 N–H and O–H groups in total. The maximum absolute atomic E-state index is 12.8. The van der Waals surface area contributed by atoms with Crippen LogP contribution in [0.5, 0.6) is 5.75 Å². The number of hydrogen-bond acceptors (Lipinski definition) is 3. The number of carbonyl (C=O) groups excluding carboxylic acids is 1. The van der Waals surface area contributed by atoms with Crippen LogP contribution in [0.4, 0.5) is 4.79 Å². The number of carbonyl (C=O) groups is 1. The summed E-state index contributed by atoms with van der Waals surface area (Å²) >= 11 is 0. The minimum absolute atomic E-state index is 0.0871. The molecule has 2 amide bonds. The Bertz CT molecular complexity index is 674. The molecule has 0 aliphatic carbocycles. The summed E-state index contributed by atoms with van der Waals surface area (Å²) in [4.78, 5) is 18.7. The molecule has 0 aliphatic heterocycles. The fourth-order valence-corrected chi connectivity index (χ4v) is 2.40. The average Bonchev–Trinajstić information content (AvgIpc) is 2.62. The first-order chi connectivity index (χ1) is 12.0. The molecule has 0 saturated carbocycles. The molecular weight excluding hydrogens is 314 g/mol. The molecule has 0 bridgehead atoms. The van der Waals surface area contributed by atoms with Crippen molar-refractivity contribution in [1.82, 2.24) is 15.2 Å². The molecule has 2 rings (SSSR count). The third-order valence-corrected chi connectivity index (χ3v) is 4.29. The van der Waals surface area contributed by atoms with Crippen LogP contribution in [-0.2, 0) is 13.1 Å². The summed E-state index contributed by atoms with van der Waals surface area (Å²) in [5.74, 6) is 1.15. The fraction of sp³-hybridized carbons (Fsp3) is 0.400. The summed E-state index contributed by atoms with van der Waals surface area (Å²) in [6, 6.07) is 11.6. The molecule has 0 unspecified atom stereocenters. The lowest BCUT2D eigenvalue weighted by Crippen LogP contribution is -2.45. The smallest absolute Gasteiger partial charge is 0.318 e. The number of amides is 2. The number of methoxy groups -OCH3 is 1. The van der Waals surface area contributed by atoms with Crippen molar-refractivity contribution in [3.63, 3.8) is 0 Å². The second-order valence-corrected chi connectivity index (χ2v) is 6.51. The van der Waals surface area contributed by atoms with Crippen molar-refractivity contribution >= 4 is 6.03 Å². The summed E-state index contributed by atoms with van der Waals surface area (Å²) in [5.41, 5.74) is 1.96. The largest absolute Gasteiger partial charge is 0.496 e. The van der Waals surface area contributed by atoms with E-state index in [-0.39, 0.29) is 12.1 Å². The van der Waals surface area contributed by atoms with Crippen LogP contribution in [0.3, 0.4) is 0 Å². The van der Waals surface area contributed by atoms with Crippen LogP contribution in [0.2, 0.25) is 0 Å². The maximum atomic E-state index is 12.8. The van der Waals surface area contributed by atoms with E-state index in [1.807, 2.05) is 43.3 Å². The summed E-state index contributed by atoms with van der Waals surface area (Å²) in [6.07, 6.45) is 3.52. The molecule has 5 nitrogen and oxygen atoms in total. The van der Waals surface area contributed by atoms with Gasteiger partial charge in [-0.15, -0.1) is 0 Å². The number of aromatic nitrogens is 1. The zero-order chi connectivity index (χ0) is 18.2. The minimum atomic E-state index is -0.0871. The first-order valence-corrected chi connectivity index (χ1v) is 8.57. The van der Waals surface area contributed by atoms with E-state index in [0.717, 1.165) is 16.9 Å².